The van der Waals surface area contributed by atoms with Gasteiger partial charge in [-0.2, -0.15) is 0 Å². The molecule has 1 aliphatic rings. The highest BCUT2D eigenvalue weighted by molar-refractivity contribution is 9.10. The summed E-state index contributed by atoms with van der Waals surface area (Å²) in [6.45, 7) is 0. The van der Waals surface area contributed by atoms with Crippen LogP contribution in [0.4, 0.5) is 0 Å². The number of rotatable bonds is 4. The van der Waals surface area contributed by atoms with E-state index in [1.165, 1.54) is 71.9 Å². The number of hydrogen-bond donors (Lipinski definition) is 1. The lowest BCUT2D eigenvalue weighted by Crippen LogP contribution is -2.28. The minimum atomic E-state index is -0.546. The minimum Gasteiger partial charge on any atom is -0.354 e. The van der Waals surface area contributed by atoms with Gasteiger partial charge in [0.05, 0.1) is 10.9 Å². The van der Waals surface area contributed by atoms with Crippen LogP contribution >= 0.6 is 15.9 Å². The zero-order chi connectivity index (χ0) is 30.0. The van der Waals surface area contributed by atoms with Gasteiger partial charge >= 0.3 is 0 Å². The van der Waals surface area contributed by atoms with Crippen LogP contribution in [0.15, 0.2) is 168 Å². The van der Waals surface area contributed by atoms with Crippen molar-refractivity contribution < 1.29 is 0 Å². The van der Waals surface area contributed by atoms with Crippen LogP contribution in [0.3, 0.4) is 0 Å². The van der Waals surface area contributed by atoms with Crippen molar-refractivity contribution in [1.29, 1.82) is 0 Å². The molecule has 45 heavy (non-hydrogen) atoms. The molecule has 1 nitrogen and oxygen atoms in total. The lowest BCUT2D eigenvalue weighted by molar-refractivity contribution is 0.769. The Labute approximate surface area is 271 Å². The van der Waals surface area contributed by atoms with Crippen molar-refractivity contribution in [3.05, 3.63) is 191 Å². The van der Waals surface area contributed by atoms with Gasteiger partial charge in [0.1, 0.15) is 0 Å². The summed E-state index contributed by atoms with van der Waals surface area (Å²) in [5.74, 6) is 0. The molecule has 1 N–H and O–H groups in total. The number of nitrogens with one attached hydrogen (secondary N) is 1. The number of aromatic amines is 1. The van der Waals surface area contributed by atoms with E-state index >= 15 is 0 Å². The van der Waals surface area contributed by atoms with Gasteiger partial charge in [-0.1, -0.05) is 155 Å². The topological polar surface area (TPSA) is 15.8 Å². The lowest BCUT2D eigenvalue weighted by atomic mass is 9.67. The van der Waals surface area contributed by atoms with Gasteiger partial charge in [0.15, 0.2) is 0 Å². The zero-order valence-corrected chi connectivity index (χ0v) is 26.1. The Bertz CT molecular complexity index is 2300. The van der Waals surface area contributed by atoms with Gasteiger partial charge in [-0.05, 0) is 74.3 Å². The number of aromatic nitrogens is 1. The molecule has 1 aliphatic carbocycles. The molecule has 1 aromatic heterocycles. The maximum Gasteiger partial charge on any atom is 0.0715 e. The Morgan fingerprint density at radius 2 is 1.02 bits per heavy atom. The predicted molar refractivity (Wildman–Crippen MR) is 192 cm³/mol. The van der Waals surface area contributed by atoms with Gasteiger partial charge in [-0.25, -0.2) is 0 Å². The smallest absolute Gasteiger partial charge is 0.0715 e. The second-order valence-corrected chi connectivity index (χ2v) is 12.7. The summed E-state index contributed by atoms with van der Waals surface area (Å²) >= 11 is 4.07. The van der Waals surface area contributed by atoms with Crippen molar-refractivity contribution >= 4 is 37.7 Å². The first-order valence-electron chi connectivity index (χ1n) is 15.4. The minimum absolute atomic E-state index is 0.546. The molecule has 0 unspecified atom stereocenters. The van der Waals surface area contributed by atoms with E-state index in [0.717, 1.165) is 9.99 Å². The van der Waals surface area contributed by atoms with Crippen molar-refractivity contribution in [2.75, 3.05) is 0 Å². The zero-order valence-electron chi connectivity index (χ0n) is 24.5. The summed E-state index contributed by atoms with van der Waals surface area (Å²) in [6, 6.07) is 59.8. The molecule has 212 valence electrons. The van der Waals surface area contributed by atoms with E-state index in [2.05, 4.69) is 185 Å². The fourth-order valence-electron chi connectivity index (χ4n) is 7.65. The molecule has 9 rings (SSSR count). The monoisotopic (exact) mass is 637 g/mol. The highest BCUT2D eigenvalue weighted by Crippen LogP contribution is 2.59. The first kappa shape index (κ1) is 26.2. The largest absolute Gasteiger partial charge is 0.354 e. The average molecular weight is 639 g/mol. The molecule has 1 heterocycles. The van der Waals surface area contributed by atoms with Gasteiger partial charge in [-0.3, -0.25) is 0 Å². The normalized spacial score (nSPS) is 13.2. The van der Waals surface area contributed by atoms with E-state index in [1.54, 1.807) is 0 Å². The van der Waals surface area contributed by atoms with Gasteiger partial charge < -0.3 is 4.98 Å². The maximum atomic E-state index is 4.07. The summed E-state index contributed by atoms with van der Waals surface area (Å²) in [7, 11) is 0. The number of halogens is 1. The third-order valence-electron chi connectivity index (χ3n) is 9.55. The van der Waals surface area contributed by atoms with Gasteiger partial charge in [0, 0.05) is 26.3 Å². The van der Waals surface area contributed by atoms with Gasteiger partial charge in [0.2, 0.25) is 0 Å². The molecule has 2 heteroatoms. The second-order valence-electron chi connectivity index (χ2n) is 11.9. The summed E-state index contributed by atoms with van der Waals surface area (Å²) in [5.41, 5.74) is 14.3. The summed E-state index contributed by atoms with van der Waals surface area (Å²) < 4.78 is 1.10. The molecule has 7 aromatic carbocycles. The first-order valence-corrected chi connectivity index (χ1v) is 16.2. The molecule has 0 amide bonds. The number of hydrogen-bond acceptors (Lipinski definition) is 0. The Hall–Kier alpha value is -5.18. The van der Waals surface area contributed by atoms with Crippen LogP contribution in [0.5, 0.6) is 0 Å². The predicted octanol–water partition coefficient (Wildman–Crippen LogP) is 11.8. The van der Waals surface area contributed by atoms with E-state index in [1.807, 2.05) is 0 Å². The summed E-state index contributed by atoms with van der Waals surface area (Å²) in [6.07, 6.45) is 0. The SMILES string of the molecule is Brc1cc2c(c3[nH]c4ccccc4c13)-c1ccccc1C2(c1cccc(-c2ccccc2)c1)c1cccc(-c2ccccc2)c1. The molecule has 0 saturated carbocycles. The van der Waals surface area contributed by atoms with Crippen LogP contribution in [0.25, 0.3) is 55.2 Å². The van der Waals surface area contributed by atoms with Crippen molar-refractivity contribution in [2.45, 2.75) is 5.41 Å². The highest BCUT2D eigenvalue weighted by Gasteiger charge is 2.47. The van der Waals surface area contributed by atoms with Crippen LogP contribution in [0.1, 0.15) is 22.3 Å². The van der Waals surface area contributed by atoms with Crippen LogP contribution in [0, 0.1) is 0 Å². The van der Waals surface area contributed by atoms with Crippen LogP contribution in [0.2, 0.25) is 0 Å². The maximum absolute atomic E-state index is 4.07. The molecule has 0 radical (unpaired) electrons. The highest BCUT2D eigenvalue weighted by atomic mass is 79.9. The third kappa shape index (κ3) is 3.86. The molecular formula is C43H28BrN. The number of benzene rings is 7. The van der Waals surface area contributed by atoms with Crippen molar-refractivity contribution in [3.63, 3.8) is 0 Å². The first-order chi connectivity index (χ1) is 22.2. The Morgan fingerprint density at radius 1 is 0.467 bits per heavy atom. The second kappa shape index (κ2) is 10.2. The molecule has 0 atom stereocenters. The quantitative estimate of drug-likeness (QED) is 0.197. The van der Waals surface area contributed by atoms with Crippen LogP contribution in [-0.4, -0.2) is 4.98 Å². The fraction of sp³-hybridized carbons (Fsp3) is 0.0233. The standard InChI is InChI=1S/C43H28BrN/c44-38-27-37-40(42-41(38)35-22-8-10-24-39(35)45-42)34-21-7-9-23-36(34)43(37,32-19-11-17-30(25-32)28-13-3-1-4-14-28)33-20-12-18-31(26-33)29-15-5-2-6-16-29/h1-27,45H. The van der Waals surface area contributed by atoms with Gasteiger partial charge in [0.25, 0.3) is 0 Å². The Balaban J connectivity index is 1.43. The molecule has 0 fully saturated rings. The Kier molecular flexibility index (Phi) is 5.94. The summed E-state index contributed by atoms with van der Waals surface area (Å²) in [5, 5.41) is 2.46. The molecule has 0 saturated heterocycles. The number of fused-ring (bicyclic) bond motifs is 7. The van der Waals surface area contributed by atoms with Crippen molar-refractivity contribution in [1.82, 2.24) is 4.98 Å². The third-order valence-corrected chi connectivity index (χ3v) is 10.2. The van der Waals surface area contributed by atoms with E-state index in [-0.39, 0.29) is 0 Å². The molecule has 0 aliphatic heterocycles. The number of H-pyrrole nitrogens is 1. The van der Waals surface area contributed by atoms with Gasteiger partial charge in [-0.15, -0.1) is 0 Å². The van der Waals surface area contributed by atoms with Crippen LogP contribution in [-0.2, 0) is 5.41 Å². The molecule has 8 aromatic rings. The van der Waals surface area contributed by atoms with E-state index in [4.69, 9.17) is 0 Å². The summed E-state index contributed by atoms with van der Waals surface area (Å²) in [4.78, 5) is 3.85. The fourth-order valence-corrected chi connectivity index (χ4v) is 8.29. The lowest BCUT2D eigenvalue weighted by Gasteiger charge is -2.34. The van der Waals surface area contributed by atoms with E-state index in [0.29, 0.717) is 0 Å². The molecule has 0 spiro atoms. The average Bonchev–Trinajstić information content (AvgIpc) is 3.64. The van der Waals surface area contributed by atoms with E-state index in [9.17, 15) is 0 Å². The van der Waals surface area contributed by atoms with Crippen molar-refractivity contribution in [2.24, 2.45) is 0 Å². The van der Waals surface area contributed by atoms with E-state index < -0.39 is 5.41 Å². The molecule has 0 bridgehead atoms. The Morgan fingerprint density at radius 3 is 1.69 bits per heavy atom. The number of para-hydroxylation sites is 1. The van der Waals surface area contributed by atoms with Crippen LogP contribution < -0.4 is 0 Å². The van der Waals surface area contributed by atoms with Crippen molar-refractivity contribution in [3.8, 4) is 33.4 Å². The molecular weight excluding hydrogens is 610 g/mol.